The van der Waals surface area contributed by atoms with E-state index in [2.05, 4.69) is 5.32 Å². The van der Waals surface area contributed by atoms with Crippen molar-refractivity contribution >= 4 is 5.91 Å². The molecule has 94 valence electrons. The molecule has 1 aromatic rings. The summed E-state index contributed by atoms with van der Waals surface area (Å²) in [7, 11) is 0. The van der Waals surface area contributed by atoms with Crippen molar-refractivity contribution in [3.8, 4) is 0 Å². The fraction of sp³-hybridized carbons (Fsp3) is 0.500. The third-order valence-corrected chi connectivity index (χ3v) is 2.56. The first-order valence-electron chi connectivity index (χ1n) is 6.10. The Labute approximate surface area is 103 Å². The predicted molar refractivity (Wildman–Crippen MR) is 70.3 cm³/mol. The zero-order chi connectivity index (χ0) is 12.8. The third kappa shape index (κ3) is 5.00. The molecule has 0 saturated heterocycles. The molecule has 0 fully saturated rings. The zero-order valence-electron chi connectivity index (χ0n) is 10.9. The maximum Gasteiger partial charge on any atom is 0.220 e. The van der Waals surface area contributed by atoms with Crippen LogP contribution in [-0.2, 0) is 11.3 Å². The lowest BCUT2D eigenvalue weighted by molar-refractivity contribution is -0.121. The van der Waals surface area contributed by atoms with Gasteiger partial charge in [-0.05, 0) is 24.0 Å². The Morgan fingerprint density at radius 2 is 2.06 bits per heavy atom. The summed E-state index contributed by atoms with van der Waals surface area (Å²) in [4.78, 5) is 11.5. The van der Waals surface area contributed by atoms with Gasteiger partial charge in [0.05, 0.1) is 0 Å². The molecule has 1 unspecified atom stereocenters. The number of rotatable bonds is 5. The van der Waals surface area contributed by atoms with Crippen molar-refractivity contribution in [2.45, 2.75) is 39.8 Å². The van der Waals surface area contributed by atoms with Gasteiger partial charge in [0.25, 0.3) is 0 Å². The van der Waals surface area contributed by atoms with Gasteiger partial charge in [0, 0.05) is 19.0 Å². The van der Waals surface area contributed by atoms with Gasteiger partial charge < -0.3 is 11.1 Å². The minimum Gasteiger partial charge on any atom is -0.352 e. The highest BCUT2D eigenvalue weighted by molar-refractivity contribution is 5.76. The molecule has 0 bridgehead atoms. The molecule has 0 aromatic heterocycles. The summed E-state index contributed by atoms with van der Waals surface area (Å²) in [5.74, 6) is 0.497. The standard InChI is InChI=1S/C14H22N2O/c1-10(2)7-14(17)16-9-12-5-4-6-13(8-12)11(3)15/h4-6,8,10-11H,7,9,15H2,1-3H3,(H,16,17). The summed E-state index contributed by atoms with van der Waals surface area (Å²) in [5.41, 5.74) is 8.01. The van der Waals surface area contributed by atoms with Gasteiger partial charge in [-0.15, -0.1) is 0 Å². The minimum absolute atomic E-state index is 0.0290. The molecule has 0 saturated carbocycles. The molecular weight excluding hydrogens is 212 g/mol. The number of carbonyl (C=O) groups excluding carboxylic acids is 1. The summed E-state index contributed by atoms with van der Waals surface area (Å²) in [6, 6.07) is 8.05. The summed E-state index contributed by atoms with van der Waals surface area (Å²) in [5, 5.41) is 2.92. The molecule has 0 radical (unpaired) electrons. The maximum absolute atomic E-state index is 11.5. The molecule has 1 atom stereocenters. The highest BCUT2D eigenvalue weighted by Crippen LogP contribution is 2.11. The number of benzene rings is 1. The Morgan fingerprint density at radius 1 is 1.35 bits per heavy atom. The Morgan fingerprint density at radius 3 is 2.65 bits per heavy atom. The summed E-state index contributed by atoms with van der Waals surface area (Å²) < 4.78 is 0. The van der Waals surface area contributed by atoms with Crippen molar-refractivity contribution in [1.29, 1.82) is 0 Å². The van der Waals surface area contributed by atoms with Gasteiger partial charge in [-0.25, -0.2) is 0 Å². The second kappa shape index (κ2) is 6.40. The molecule has 0 spiro atoms. The van der Waals surface area contributed by atoms with Crippen molar-refractivity contribution in [2.75, 3.05) is 0 Å². The van der Waals surface area contributed by atoms with Gasteiger partial charge in [-0.2, -0.15) is 0 Å². The van der Waals surface area contributed by atoms with Gasteiger partial charge in [0.2, 0.25) is 5.91 Å². The van der Waals surface area contributed by atoms with Crippen molar-refractivity contribution in [3.05, 3.63) is 35.4 Å². The molecule has 3 N–H and O–H groups in total. The Kier molecular flexibility index (Phi) is 5.16. The molecule has 0 aliphatic carbocycles. The lowest BCUT2D eigenvalue weighted by atomic mass is 10.1. The molecular formula is C14H22N2O. The molecule has 0 heterocycles. The van der Waals surface area contributed by atoms with Crippen molar-refractivity contribution in [3.63, 3.8) is 0 Å². The summed E-state index contributed by atoms with van der Waals surface area (Å²) >= 11 is 0. The highest BCUT2D eigenvalue weighted by atomic mass is 16.1. The van der Waals surface area contributed by atoms with Crippen molar-refractivity contribution < 1.29 is 4.79 Å². The van der Waals surface area contributed by atoms with E-state index in [1.165, 1.54) is 0 Å². The van der Waals surface area contributed by atoms with Gasteiger partial charge in [0.15, 0.2) is 0 Å². The van der Waals surface area contributed by atoms with E-state index >= 15 is 0 Å². The zero-order valence-corrected chi connectivity index (χ0v) is 10.9. The van der Waals surface area contributed by atoms with Gasteiger partial charge >= 0.3 is 0 Å². The lowest BCUT2D eigenvalue weighted by Crippen LogP contribution is -2.24. The smallest absolute Gasteiger partial charge is 0.220 e. The SMILES string of the molecule is CC(C)CC(=O)NCc1cccc(C(C)N)c1. The van der Waals surface area contributed by atoms with E-state index in [0.29, 0.717) is 18.9 Å². The highest BCUT2D eigenvalue weighted by Gasteiger charge is 2.05. The molecule has 1 aromatic carbocycles. The number of nitrogens with two attached hydrogens (primary N) is 1. The van der Waals surface area contributed by atoms with Crippen LogP contribution in [0, 0.1) is 5.92 Å². The number of nitrogens with one attached hydrogen (secondary N) is 1. The Balaban J connectivity index is 2.52. The topological polar surface area (TPSA) is 55.1 Å². The van der Waals surface area contributed by atoms with E-state index in [4.69, 9.17) is 5.73 Å². The van der Waals surface area contributed by atoms with E-state index in [1.54, 1.807) is 0 Å². The predicted octanol–water partition coefficient (Wildman–Crippen LogP) is 2.37. The first-order valence-corrected chi connectivity index (χ1v) is 6.10. The maximum atomic E-state index is 11.5. The molecule has 3 nitrogen and oxygen atoms in total. The van der Waals surface area contributed by atoms with Crippen LogP contribution >= 0.6 is 0 Å². The summed E-state index contributed by atoms with van der Waals surface area (Å²) in [6.07, 6.45) is 0.576. The average Bonchev–Trinajstić information content (AvgIpc) is 2.26. The fourth-order valence-electron chi connectivity index (χ4n) is 1.63. The van der Waals surface area contributed by atoms with E-state index in [1.807, 2.05) is 45.0 Å². The second-order valence-corrected chi connectivity index (χ2v) is 4.91. The van der Waals surface area contributed by atoms with E-state index < -0.39 is 0 Å². The monoisotopic (exact) mass is 234 g/mol. The van der Waals surface area contributed by atoms with E-state index in [0.717, 1.165) is 11.1 Å². The minimum atomic E-state index is 0.0290. The van der Waals surface area contributed by atoms with E-state index in [9.17, 15) is 4.79 Å². The summed E-state index contributed by atoms with van der Waals surface area (Å²) in [6.45, 7) is 6.61. The Hall–Kier alpha value is -1.35. The van der Waals surface area contributed by atoms with Crippen LogP contribution in [0.5, 0.6) is 0 Å². The molecule has 1 rings (SSSR count). The number of hydrogen-bond acceptors (Lipinski definition) is 2. The van der Waals surface area contributed by atoms with Crippen molar-refractivity contribution in [2.24, 2.45) is 11.7 Å². The quantitative estimate of drug-likeness (QED) is 0.821. The molecule has 1 amide bonds. The van der Waals surface area contributed by atoms with Crippen LogP contribution in [0.15, 0.2) is 24.3 Å². The van der Waals surface area contributed by atoms with Gasteiger partial charge in [0.1, 0.15) is 0 Å². The van der Waals surface area contributed by atoms with Gasteiger partial charge in [-0.1, -0.05) is 38.1 Å². The number of amides is 1. The number of carbonyl (C=O) groups is 1. The second-order valence-electron chi connectivity index (χ2n) is 4.91. The van der Waals surface area contributed by atoms with Crippen LogP contribution in [-0.4, -0.2) is 5.91 Å². The van der Waals surface area contributed by atoms with Gasteiger partial charge in [-0.3, -0.25) is 4.79 Å². The van der Waals surface area contributed by atoms with Crippen molar-refractivity contribution in [1.82, 2.24) is 5.32 Å². The number of hydrogen-bond donors (Lipinski definition) is 2. The first-order chi connectivity index (χ1) is 7.99. The first kappa shape index (κ1) is 13.7. The van der Waals surface area contributed by atoms with Crippen LogP contribution in [0.3, 0.4) is 0 Å². The normalized spacial score (nSPS) is 12.5. The average molecular weight is 234 g/mol. The Bertz CT molecular complexity index is 372. The van der Waals surface area contributed by atoms with Crippen LogP contribution in [0.25, 0.3) is 0 Å². The van der Waals surface area contributed by atoms with E-state index in [-0.39, 0.29) is 11.9 Å². The molecule has 17 heavy (non-hydrogen) atoms. The van der Waals surface area contributed by atoms with Crippen LogP contribution < -0.4 is 11.1 Å². The fourth-order valence-corrected chi connectivity index (χ4v) is 1.63. The largest absolute Gasteiger partial charge is 0.352 e. The lowest BCUT2D eigenvalue weighted by Gasteiger charge is -2.10. The molecule has 0 aliphatic rings. The van der Waals surface area contributed by atoms with Crippen LogP contribution in [0.2, 0.25) is 0 Å². The third-order valence-electron chi connectivity index (χ3n) is 2.56. The molecule has 0 aliphatic heterocycles. The van der Waals surface area contributed by atoms with Crippen LogP contribution in [0.1, 0.15) is 44.4 Å². The molecule has 3 heteroatoms. The van der Waals surface area contributed by atoms with Crippen LogP contribution in [0.4, 0.5) is 0 Å².